The van der Waals surface area contributed by atoms with Crippen LogP contribution >= 0.6 is 24.0 Å². The van der Waals surface area contributed by atoms with Crippen molar-refractivity contribution in [2.24, 2.45) is 0 Å². The predicted molar refractivity (Wildman–Crippen MR) is 94.4 cm³/mol. The van der Waals surface area contributed by atoms with E-state index in [4.69, 9.17) is 12.2 Å². The van der Waals surface area contributed by atoms with E-state index in [9.17, 15) is 9.59 Å². The summed E-state index contributed by atoms with van der Waals surface area (Å²) >= 11 is 6.43. The highest BCUT2D eigenvalue weighted by Gasteiger charge is 2.30. The molecule has 2 rings (SSSR count). The second kappa shape index (κ2) is 7.38. The van der Waals surface area contributed by atoms with E-state index in [1.165, 1.54) is 23.6 Å². The molecule has 1 aromatic rings. The van der Waals surface area contributed by atoms with Gasteiger partial charge in [0.2, 0.25) is 5.91 Å². The van der Waals surface area contributed by atoms with Gasteiger partial charge >= 0.3 is 0 Å². The zero-order valence-corrected chi connectivity index (χ0v) is 14.0. The van der Waals surface area contributed by atoms with Crippen LogP contribution in [-0.4, -0.2) is 27.6 Å². The fraction of sp³-hybridized carbons (Fsp3) is 0.188. The topological polar surface area (TPSA) is 40.6 Å². The molecule has 22 heavy (non-hydrogen) atoms. The number of anilines is 1. The first kappa shape index (κ1) is 16.5. The number of thioether (sulfide) groups is 1. The molecule has 1 saturated heterocycles. The van der Waals surface area contributed by atoms with Crippen LogP contribution in [0.15, 0.2) is 53.6 Å². The van der Waals surface area contributed by atoms with E-state index in [0.29, 0.717) is 15.8 Å². The van der Waals surface area contributed by atoms with Crippen molar-refractivity contribution in [3.05, 3.63) is 53.6 Å². The highest BCUT2D eigenvalue weighted by molar-refractivity contribution is 8.26. The number of thiocarbonyl (C=S) groups is 1. The molecule has 0 aromatic heterocycles. The number of likely N-dealkylation sites (N-methyl/N-ethyl adjacent to an activating group) is 1. The summed E-state index contributed by atoms with van der Waals surface area (Å²) in [5.74, 6) is -0.187. The lowest BCUT2D eigenvalue weighted by molar-refractivity contribution is -0.122. The van der Waals surface area contributed by atoms with Crippen LogP contribution in [0.25, 0.3) is 0 Å². The third-order valence-corrected chi connectivity index (χ3v) is 4.44. The van der Waals surface area contributed by atoms with Gasteiger partial charge in [-0.05, 0) is 31.2 Å². The molecule has 0 atom stereocenters. The molecule has 2 amide bonds. The second-order valence-corrected chi connectivity index (χ2v) is 6.19. The normalized spacial score (nSPS) is 16.8. The van der Waals surface area contributed by atoms with Crippen LogP contribution in [-0.2, 0) is 9.59 Å². The van der Waals surface area contributed by atoms with Crippen molar-refractivity contribution in [2.45, 2.75) is 13.8 Å². The number of carbonyl (C=O) groups is 2. The first-order valence-corrected chi connectivity index (χ1v) is 8.04. The smallest absolute Gasteiger partial charge is 0.266 e. The summed E-state index contributed by atoms with van der Waals surface area (Å²) in [5.41, 5.74) is 0.778. The fourth-order valence-corrected chi connectivity index (χ4v) is 3.30. The van der Waals surface area contributed by atoms with E-state index in [2.05, 4.69) is 0 Å². The Labute approximate surface area is 139 Å². The molecule has 6 heteroatoms. The number of hydrogen-bond donors (Lipinski definition) is 0. The van der Waals surface area contributed by atoms with Crippen molar-refractivity contribution < 1.29 is 9.59 Å². The average molecular weight is 332 g/mol. The van der Waals surface area contributed by atoms with Gasteiger partial charge in [0.25, 0.3) is 5.91 Å². The number of hydrogen-bond acceptors (Lipinski definition) is 4. The van der Waals surface area contributed by atoms with E-state index in [-0.39, 0.29) is 11.8 Å². The lowest BCUT2D eigenvalue weighted by Gasteiger charge is -2.15. The Morgan fingerprint density at radius 3 is 2.59 bits per heavy atom. The molecule has 114 valence electrons. The number of amides is 2. The Kier molecular flexibility index (Phi) is 5.51. The quantitative estimate of drug-likeness (QED) is 0.626. The van der Waals surface area contributed by atoms with Crippen molar-refractivity contribution >= 4 is 45.8 Å². The summed E-state index contributed by atoms with van der Waals surface area (Å²) in [6, 6.07) is 9.32. The van der Waals surface area contributed by atoms with Crippen LogP contribution in [0.1, 0.15) is 13.8 Å². The Morgan fingerprint density at radius 1 is 1.36 bits per heavy atom. The first-order valence-electron chi connectivity index (χ1n) is 6.81. The molecule has 1 heterocycles. The summed E-state index contributed by atoms with van der Waals surface area (Å²) < 4.78 is 0.568. The monoisotopic (exact) mass is 332 g/mol. The van der Waals surface area contributed by atoms with Gasteiger partial charge in [-0.25, -0.2) is 0 Å². The van der Waals surface area contributed by atoms with Crippen LogP contribution in [0.5, 0.6) is 0 Å². The van der Waals surface area contributed by atoms with Crippen molar-refractivity contribution in [2.75, 3.05) is 11.4 Å². The molecule has 0 N–H and O–H groups in total. The number of allylic oxidation sites excluding steroid dienone is 2. The van der Waals surface area contributed by atoms with E-state index >= 15 is 0 Å². The van der Waals surface area contributed by atoms with Crippen molar-refractivity contribution in [1.29, 1.82) is 0 Å². The third kappa shape index (κ3) is 3.64. The summed E-state index contributed by atoms with van der Waals surface area (Å²) in [6.45, 7) is 3.94. The first-order chi connectivity index (χ1) is 10.5. The van der Waals surface area contributed by atoms with Gasteiger partial charge in [0, 0.05) is 25.4 Å². The Hall–Kier alpha value is -1.92. The van der Waals surface area contributed by atoms with Crippen LogP contribution < -0.4 is 4.90 Å². The zero-order chi connectivity index (χ0) is 16.1. The average Bonchev–Trinajstić information content (AvgIpc) is 2.78. The largest absolute Gasteiger partial charge is 0.293 e. The maximum atomic E-state index is 12.1. The fourth-order valence-electron chi connectivity index (χ4n) is 1.96. The zero-order valence-electron chi connectivity index (χ0n) is 12.4. The maximum absolute atomic E-state index is 12.1. The van der Waals surface area contributed by atoms with Crippen LogP contribution in [0.2, 0.25) is 0 Å². The predicted octanol–water partition coefficient (Wildman–Crippen LogP) is 3.32. The van der Waals surface area contributed by atoms with E-state index in [1.54, 1.807) is 23.3 Å². The lowest BCUT2D eigenvalue weighted by atomic mass is 10.3. The van der Waals surface area contributed by atoms with E-state index < -0.39 is 0 Å². The van der Waals surface area contributed by atoms with Crippen molar-refractivity contribution in [3.63, 3.8) is 0 Å². The molecule has 0 aliphatic carbocycles. The number of carbonyl (C=O) groups excluding carboxylic acids is 2. The number of nitrogens with zero attached hydrogens (tertiary/aromatic N) is 2. The van der Waals surface area contributed by atoms with Crippen LogP contribution in [0, 0.1) is 0 Å². The SMILES string of the molecule is CCN1C(=O)C(=CC=CN(C(C)=O)c2ccccc2)SC1=S. The molecule has 0 unspecified atom stereocenters. The van der Waals surface area contributed by atoms with Crippen LogP contribution in [0.4, 0.5) is 5.69 Å². The minimum atomic E-state index is -0.100. The van der Waals surface area contributed by atoms with Gasteiger partial charge in [-0.1, -0.05) is 42.2 Å². The molecule has 1 aliphatic heterocycles. The van der Waals surface area contributed by atoms with E-state index in [1.807, 2.05) is 37.3 Å². The van der Waals surface area contributed by atoms with Crippen molar-refractivity contribution in [3.8, 4) is 0 Å². The summed E-state index contributed by atoms with van der Waals surface area (Å²) in [4.78, 5) is 27.4. The number of rotatable bonds is 4. The Balaban J connectivity index is 2.17. The second-order valence-electron chi connectivity index (χ2n) is 4.51. The highest BCUT2D eigenvalue weighted by atomic mass is 32.2. The molecule has 1 fully saturated rings. The molecule has 1 aliphatic rings. The van der Waals surface area contributed by atoms with Gasteiger partial charge < -0.3 is 0 Å². The Bertz CT molecular complexity index is 653. The molecule has 0 spiro atoms. The molecular weight excluding hydrogens is 316 g/mol. The molecular formula is C16H16N2O2S2. The molecule has 0 bridgehead atoms. The summed E-state index contributed by atoms with van der Waals surface area (Å²) in [7, 11) is 0. The van der Waals surface area contributed by atoms with Gasteiger partial charge in [-0.3, -0.25) is 19.4 Å². The lowest BCUT2D eigenvalue weighted by Crippen LogP contribution is -2.27. The molecule has 1 aromatic carbocycles. The Morgan fingerprint density at radius 2 is 2.05 bits per heavy atom. The third-order valence-electron chi connectivity index (χ3n) is 3.05. The minimum absolute atomic E-state index is 0.0868. The maximum Gasteiger partial charge on any atom is 0.266 e. The van der Waals surface area contributed by atoms with Gasteiger partial charge in [0.15, 0.2) is 0 Å². The van der Waals surface area contributed by atoms with Gasteiger partial charge in [-0.2, -0.15) is 0 Å². The molecule has 0 saturated carbocycles. The summed E-state index contributed by atoms with van der Waals surface area (Å²) in [5, 5.41) is 0. The standard InChI is InChI=1S/C16H16N2O2S2/c1-3-17-15(20)14(22-16(17)21)10-7-11-18(12(2)19)13-8-5-4-6-9-13/h4-11H,3H2,1-2H3. The van der Waals surface area contributed by atoms with Gasteiger partial charge in [0.05, 0.1) is 4.91 Å². The molecule has 0 radical (unpaired) electrons. The number of benzene rings is 1. The highest BCUT2D eigenvalue weighted by Crippen LogP contribution is 2.30. The van der Waals surface area contributed by atoms with Crippen molar-refractivity contribution in [1.82, 2.24) is 4.90 Å². The van der Waals surface area contributed by atoms with Gasteiger partial charge in [-0.15, -0.1) is 0 Å². The van der Waals surface area contributed by atoms with Gasteiger partial charge in [0.1, 0.15) is 4.32 Å². The van der Waals surface area contributed by atoms with E-state index in [0.717, 1.165) is 5.69 Å². The summed E-state index contributed by atoms with van der Waals surface area (Å²) in [6.07, 6.45) is 5.03. The molecule has 4 nitrogen and oxygen atoms in total. The number of para-hydroxylation sites is 1. The minimum Gasteiger partial charge on any atom is -0.293 e. The van der Waals surface area contributed by atoms with Crippen LogP contribution in [0.3, 0.4) is 0 Å².